The third kappa shape index (κ3) is 1.80. The number of hydrogen-bond donors (Lipinski definition) is 1. The molecule has 2 rings (SSSR count). The highest BCUT2D eigenvalue weighted by Crippen LogP contribution is 2.28. The van der Waals surface area contributed by atoms with Crippen LogP contribution in [0.2, 0.25) is 0 Å². The summed E-state index contributed by atoms with van der Waals surface area (Å²) < 4.78 is 1.34. The van der Waals surface area contributed by atoms with Crippen molar-refractivity contribution >= 4 is 27.1 Å². The zero-order chi connectivity index (χ0) is 9.80. The van der Waals surface area contributed by atoms with Crippen molar-refractivity contribution in [3.63, 3.8) is 0 Å². The minimum absolute atomic E-state index is 0.896. The second-order valence-corrected chi connectivity index (χ2v) is 4.01. The lowest BCUT2D eigenvalue weighted by Crippen LogP contribution is -1.97. The summed E-state index contributed by atoms with van der Waals surface area (Å²) in [5, 5.41) is 6.85. The minimum atomic E-state index is 0.896. The van der Waals surface area contributed by atoms with E-state index in [1.807, 2.05) is 6.92 Å². The Morgan fingerprint density at radius 2 is 2.29 bits per heavy atom. The molecule has 1 aromatic carbocycles. The van der Waals surface area contributed by atoms with Gasteiger partial charge in [-0.25, -0.2) is 0 Å². The summed E-state index contributed by atoms with van der Waals surface area (Å²) in [6, 6.07) is 8.52. The third-order valence-corrected chi connectivity index (χ3v) is 3.09. The SMILES string of the molecule is C/C=C/CNc1cccc2ccsc12. The molecule has 0 amide bonds. The molecular weight excluding hydrogens is 190 g/mol. The van der Waals surface area contributed by atoms with Gasteiger partial charge in [-0.15, -0.1) is 11.3 Å². The van der Waals surface area contributed by atoms with E-state index in [2.05, 4.69) is 47.1 Å². The fourth-order valence-corrected chi connectivity index (χ4v) is 2.31. The number of nitrogens with one attached hydrogen (secondary N) is 1. The standard InChI is InChI=1S/C12H13NS/c1-2-3-8-13-11-6-4-5-10-7-9-14-12(10)11/h2-7,9,13H,8H2,1H3/b3-2+. The molecule has 1 N–H and O–H groups in total. The zero-order valence-electron chi connectivity index (χ0n) is 8.16. The fourth-order valence-electron chi connectivity index (χ4n) is 1.42. The predicted octanol–water partition coefficient (Wildman–Crippen LogP) is 3.89. The molecule has 0 spiro atoms. The maximum absolute atomic E-state index is 3.40. The molecule has 0 aliphatic heterocycles. The Morgan fingerprint density at radius 3 is 3.14 bits per heavy atom. The summed E-state index contributed by atoms with van der Waals surface area (Å²) in [6.45, 7) is 2.93. The van der Waals surface area contributed by atoms with Gasteiger partial charge in [-0.3, -0.25) is 0 Å². The number of anilines is 1. The fraction of sp³-hybridized carbons (Fsp3) is 0.167. The monoisotopic (exact) mass is 203 g/mol. The van der Waals surface area contributed by atoms with Crippen LogP contribution in [0.4, 0.5) is 5.69 Å². The normalized spacial score (nSPS) is 11.2. The molecule has 14 heavy (non-hydrogen) atoms. The van der Waals surface area contributed by atoms with Gasteiger partial charge in [-0.05, 0) is 29.8 Å². The van der Waals surface area contributed by atoms with Gasteiger partial charge < -0.3 is 5.32 Å². The van der Waals surface area contributed by atoms with Gasteiger partial charge in [0.05, 0.1) is 10.4 Å². The molecule has 0 fully saturated rings. The van der Waals surface area contributed by atoms with Crippen LogP contribution in [0.3, 0.4) is 0 Å². The van der Waals surface area contributed by atoms with E-state index in [9.17, 15) is 0 Å². The van der Waals surface area contributed by atoms with Crippen LogP contribution in [0.1, 0.15) is 6.92 Å². The summed E-state index contributed by atoms with van der Waals surface area (Å²) in [5.41, 5.74) is 1.23. The van der Waals surface area contributed by atoms with Gasteiger partial charge in [0.1, 0.15) is 0 Å². The molecule has 1 aromatic heterocycles. The first-order chi connectivity index (χ1) is 6.92. The van der Waals surface area contributed by atoms with Crippen LogP contribution in [-0.2, 0) is 0 Å². The van der Waals surface area contributed by atoms with Crippen LogP contribution >= 0.6 is 11.3 Å². The van der Waals surface area contributed by atoms with Crippen LogP contribution in [-0.4, -0.2) is 6.54 Å². The highest BCUT2D eigenvalue weighted by Gasteiger charge is 1.99. The Bertz CT molecular complexity index is 442. The molecule has 0 aliphatic carbocycles. The van der Waals surface area contributed by atoms with Crippen molar-refractivity contribution in [2.45, 2.75) is 6.92 Å². The van der Waals surface area contributed by atoms with E-state index in [4.69, 9.17) is 0 Å². The lowest BCUT2D eigenvalue weighted by atomic mass is 10.2. The van der Waals surface area contributed by atoms with Crippen LogP contribution in [0.15, 0.2) is 41.8 Å². The molecule has 1 nitrogen and oxygen atoms in total. The van der Waals surface area contributed by atoms with Crippen molar-refractivity contribution in [2.24, 2.45) is 0 Å². The predicted molar refractivity (Wildman–Crippen MR) is 65.1 cm³/mol. The Hall–Kier alpha value is -1.28. The van der Waals surface area contributed by atoms with Crippen molar-refractivity contribution in [2.75, 3.05) is 11.9 Å². The highest BCUT2D eigenvalue weighted by atomic mass is 32.1. The van der Waals surface area contributed by atoms with Gasteiger partial charge in [0.15, 0.2) is 0 Å². The van der Waals surface area contributed by atoms with Crippen LogP contribution < -0.4 is 5.32 Å². The van der Waals surface area contributed by atoms with E-state index >= 15 is 0 Å². The summed E-state index contributed by atoms with van der Waals surface area (Å²) in [4.78, 5) is 0. The number of rotatable bonds is 3. The number of thiophene rings is 1. The van der Waals surface area contributed by atoms with Gasteiger partial charge in [0, 0.05) is 6.54 Å². The molecule has 0 bridgehead atoms. The first kappa shape index (κ1) is 9.28. The molecule has 0 radical (unpaired) electrons. The summed E-state index contributed by atoms with van der Waals surface area (Å²) in [7, 11) is 0. The topological polar surface area (TPSA) is 12.0 Å². The molecule has 2 heteroatoms. The molecule has 0 atom stereocenters. The van der Waals surface area contributed by atoms with Crippen molar-refractivity contribution in [3.05, 3.63) is 41.8 Å². The maximum Gasteiger partial charge on any atom is 0.0574 e. The molecule has 2 aromatic rings. The lowest BCUT2D eigenvalue weighted by Gasteiger charge is -2.03. The van der Waals surface area contributed by atoms with Gasteiger partial charge in [-0.1, -0.05) is 24.3 Å². The number of allylic oxidation sites excluding steroid dienone is 1. The first-order valence-electron chi connectivity index (χ1n) is 4.73. The molecule has 1 heterocycles. The van der Waals surface area contributed by atoms with Gasteiger partial charge in [0.2, 0.25) is 0 Å². The second-order valence-electron chi connectivity index (χ2n) is 3.09. The Balaban J connectivity index is 2.27. The molecule has 72 valence electrons. The number of hydrogen-bond acceptors (Lipinski definition) is 2. The quantitative estimate of drug-likeness (QED) is 0.746. The van der Waals surface area contributed by atoms with E-state index < -0.39 is 0 Å². The Morgan fingerprint density at radius 1 is 1.36 bits per heavy atom. The highest BCUT2D eigenvalue weighted by molar-refractivity contribution is 7.17. The molecule has 0 saturated carbocycles. The van der Waals surface area contributed by atoms with Crippen LogP contribution in [0.25, 0.3) is 10.1 Å². The Kier molecular flexibility index (Phi) is 2.84. The number of fused-ring (bicyclic) bond motifs is 1. The number of benzene rings is 1. The minimum Gasteiger partial charge on any atom is -0.380 e. The average molecular weight is 203 g/mol. The summed E-state index contributed by atoms with van der Waals surface area (Å²) in [6.07, 6.45) is 4.17. The van der Waals surface area contributed by atoms with E-state index in [0.717, 1.165) is 6.54 Å². The Labute approximate surface area is 88.1 Å². The van der Waals surface area contributed by atoms with Gasteiger partial charge in [0.25, 0.3) is 0 Å². The third-order valence-electron chi connectivity index (χ3n) is 2.13. The van der Waals surface area contributed by atoms with E-state index in [1.54, 1.807) is 11.3 Å². The molecular formula is C12H13NS. The second kappa shape index (κ2) is 4.29. The van der Waals surface area contributed by atoms with Crippen LogP contribution in [0.5, 0.6) is 0 Å². The maximum atomic E-state index is 3.40. The smallest absolute Gasteiger partial charge is 0.0574 e. The molecule has 0 unspecified atom stereocenters. The van der Waals surface area contributed by atoms with Crippen LogP contribution in [0, 0.1) is 0 Å². The first-order valence-corrected chi connectivity index (χ1v) is 5.61. The molecule has 0 aliphatic rings. The average Bonchev–Trinajstić information content (AvgIpc) is 2.67. The van der Waals surface area contributed by atoms with E-state index in [1.165, 1.54) is 15.8 Å². The van der Waals surface area contributed by atoms with Crippen molar-refractivity contribution in [1.29, 1.82) is 0 Å². The van der Waals surface area contributed by atoms with Gasteiger partial charge >= 0.3 is 0 Å². The van der Waals surface area contributed by atoms with Crippen molar-refractivity contribution in [3.8, 4) is 0 Å². The zero-order valence-corrected chi connectivity index (χ0v) is 8.97. The lowest BCUT2D eigenvalue weighted by molar-refractivity contribution is 1.34. The van der Waals surface area contributed by atoms with Crippen molar-refractivity contribution in [1.82, 2.24) is 0 Å². The van der Waals surface area contributed by atoms with Crippen molar-refractivity contribution < 1.29 is 0 Å². The van der Waals surface area contributed by atoms with Gasteiger partial charge in [-0.2, -0.15) is 0 Å². The van der Waals surface area contributed by atoms with E-state index in [0.29, 0.717) is 0 Å². The van der Waals surface area contributed by atoms with E-state index in [-0.39, 0.29) is 0 Å². The summed E-state index contributed by atoms with van der Waals surface area (Å²) >= 11 is 1.79. The summed E-state index contributed by atoms with van der Waals surface area (Å²) in [5.74, 6) is 0. The largest absolute Gasteiger partial charge is 0.380 e. The molecule has 0 saturated heterocycles.